The molecule has 1 unspecified atom stereocenters. The topological polar surface area (TPSA) is 51.2 Å². The molecule has 6 heteroatoms. The monoisotopic (exact) mass is 338 g/mol. The van der Waals surface area contributed by atoms with Gasteiger partial charge in [-0.3, -0.25) is 0 Å². The quantitative estimate of drug-likeness (QED) is 0.869. The van der Waals surface area contributed by atoms with Crippen molar-refractivity contribution in [3.63, 3.8) is 0 Å². The molecule has 0 fully saturated rings. The molecular weight excluding hydrogens is 327 g/mol. The number of benzene rings is 1. The van der Waals surface area contributed by atoms with Gasteiger partial charge in [0.2, 0.25) is 0 Å². The lowest BCUT2D eigenvalue weighted by molar-refractivity contribution is -0.141. The third-order valence-corrected chi connectivity index (χ3v) is 3.09. The van der Waals surface area contributed by atoms with Crippen LogP contribution < -0.4 is 5.32 Å². The molecular formula is C14H12BrFN2O2. The highest BCUT2D eigenvalue weighted by molar-refractivity contribution is 9.10. The van der Waals surface area contributed by atoms with Crippen LogP contribution in [0.2, 0.25) is 0 Å². The molecule has 0 saturated carbocycles. The van der Waals surface area contributed by atoms with Crippen LogP contribution in [0.15, 0.2) is 47.1 Å². The van der Waals surface area contributed by atoms with Crippen LogP contribution in [0.1, 0.15) is 11.6 Å². The van der Waals surface area contributed by atoms with Crippen LogP contribution in [0, 0.1) is 5.82 Å². The van der Waals surface area contributed by atoms with Crippen LogP contribution >= 0.6 is 15.9 Å². The summed E-state index contributed by atoms with van der Waals surface area (Å²) in [7, 11) is 1.28. The molecule has 1 aromatic carbocycles. The van der Waals surface area contributed by atoms with E-state index in [0.29, 0.717) is 10.0 Å². The number of nitrogens with one attached hydrogen (secondary N) is 1. The van der Waals surface area contributed by atoms with Crippen molar-refractivity contribution in [2.75, 3.05) is 12.4 Å². The molecule has 1 N–H and O–H groups in total. The predicted octanol–water partition coefficient (Wildman–Crippen LogP) is 3.31. The third kappa shape index (κ3) is 3.33. The molecule has 104 valence electrons. The number of rotatable bonds is 4. The number of halogens is 2. The lowest BCUT2D eigenvalue weighted by Gasteiger charge is -2.17. The van der Waals surface area contributed by atoms with Gasteiger partial charge in [0.25, 0.3) is 0 Å². The van der Waals surface area contributed by atoms with E-state index < -0.39 is 17.8 Å². The maximum absolute atomic E-state index is 13.8. The summed E-state index contributed by atoms with van der Waals surface area (Å²) in [6.45, 7) is 0. The Bertz CT molecular complexity index is 607. The minimum Gasteiger partial charge on any atom is -0.467 e. The van der Waals surface area contributed by atoms with Crippen molar-refractivity contribution in [1.82, 2.24) is 4.98 Å². The van der Waals surface area contributed by atoms with E-state index in [2.05, 4.69) is 26.2 Å². The number of pyridine rings is 1. The number of aromatic nitrogens is 1. The van der Waals surface area contributed by atoms with Crippen LogP contribution in [0.4, 0.5) is 10.2 Å². The molecule has 1 heterocycles. The predicted molar refractivity (Wildman–Crippen MR) is 76.7 cm³/mol. The molecule has 0 saturated heterocycles. The van der Waals surface area contributed by atoms with Gasteiger partial charge in [0, 0.05) is 10.7 Å². The van der Waals surface area contributed by atoms with Crippen LogP contribution in [0.3, 0.4) is 0 Å². The van der Waals surface area contributed by atoms with E-state index in [-0.39, 0.29) is 5.82 Å². The van der Waals surface area contributed by atoms with Gasteiger partial charge in [0.15, 0.2) is 17.7 Å². The highest BCUT2D eigenvalue weighted by Crippen LogP contribution is 2.23. The smallest absolute Gasteiger partial charge is 0.333 e. The lowest BCUT2D eigenvalue weighted by Crippen LogP contribution is -2.23. The summed E-state index contributed by atoms with van der Waals surface area (Å²) >= 11 is 3.13. The summed E-state index contributed by atoms with van der Waals surface area (Å²) in [5, 5.41) is 2.76. The standard InChI is InChI=1S/C14H12BrFN2O2/c1-20-14(19)12(9-5-3-2-4-6-9)18-13-11(16)7-10(15)8-17-13/h2-8,12H,1H3,(H,17,18). The molecule has 0 aliphatic carbocycles. The summed E-state index contributed by atoms with van der Waals surface area (Å²) < 4.78 is 19.1. The summed E-state index contributed by atoms with van der Waals surface area (Å²) in [6, 6.07) is 9.38. The Morgan fingerprint density at radius 2 is 2.10 bits per heavy atom. The molecule has 20 heavy (non-hydrogen) atoms. The molecule has 0 radical (unpaired) electrons. The minimum atomic E-state index is -0.815. The molecule has 0 spiro atoms. The van der Waals surface area contributed by atoms with Gasteiger partial charge in [-0.25, -0.2) is 14.2 Å². The van der Waals surface area contributed by atoms with Gasteiger partial charge < -0.3 is 10.1 Å². The summed E-state index contributed by atoms with van der Waals surface area (Å²) in [5.74, 6) is -1.07. The summed E-state index contributed by atoms with van der Waals surface area (Å²) in [6.07, 6.45) is 1.45. The molecule has 1 aromatic heterocycles. The average Bonchev–Trinajstić information content (AvgIpc) is 2.46. The first kappa shape index (κ1) is 14.5. The molecule has 4 nitrogen and oxygen atoms in total. The van der Waals surface area contributed by atoms with Crippen molar-refractivity contribution >= 4 is 27.7 Å². The number of carbonyl (C=O) groups excluding carboxylic acids is 1. The lowest BCUT2D eigenvalue weighted by atomic mass is 10.1. The van der Waals surface area contributed by atoms with E-state index in [1.807, 2.05) is 6.07 Å². The highest BCUT2D eigenvalue weighted by Gasteiger charge is 2.22. The fraction of sp³-hybridized carbons (Fsp3) is 0.143. The zero-order valence-corrected chi connectivity index (χ0v) is 12.2. The Morgan fingerprint density at radius 3 is 2.70 bits per heavy atom. The third-order valence-electron chi connectivity index (χ3n) is 2.66. The van der Waals surface area contributed by atoms with Gasteiger partial charge in [-0.1, -0.05) is 30.3 Å². The maximum Gasteiger partial charge on any atom is 0.333 e. The number of hydrogen-bond acceptors (Lipinski definition) is 4. The van der Waals surface area contributed by atoms with Gasteiger partial charge in [-0.05, 0) is 27.6 Å². The number of hydrogen-bond donors (Lipinski definition) is 1. The first-order valence-electron chi connectivity index (χ1n) is 5.82. The Labute approximate surface area is 124 Å². The van der Waals surface area contributed by atoms with Gasteiger partial charge in [0.05, 0.1) is 7.11 Å². The van der Waals surface area contributed by atoms with Gasteiger partial charge in [-0.2, -0.15) is 0 Å². The summed E-state index contributed by atoms with van der Waals surface area (Å²) in [5.41, 5.74) is 0.670. The zero-order chi connectivity index (χ0) is 14.5. The second kappa shape index (κ2) is 6.47. The Hall–Kier alpha value is -1.95. The van der Waals surface area contributed by atoms with Gasteiger partial charge >= 0.3 is 5.97 Å². The van der Waals surface area contributed by atoms with E-state index in [0.717, 1.165) is 0 Å². The first-order chi connectivity index (χ1) is 9.61. The molecule has 0 aliphatic heterocycles. The van der Waals surface area contributed by atoms with Gasteiger partial charge in [0.1, 0.15) is 0 Å². The van der Waals surface area contributed by atoms with Crippen molar-refractivity contribution in [3.05, 3.63) is 58.4 Å². The van der Waals surface area contributed by atoms with E-state index in [4.69, 9.17) is 4.74 Å². The molecule has 0 bridgehead atoms. The number of nitrogens with zero attached hydrogens (tertiary/aromatic N) is 1. The number of ether oxygens (including phenoxy) is 1. The van der Waals surface area contributed by atoms with Crippen LogP contribution in [-0.2, 0) is 9.53 Å². The van der Waals surface area contributed by atoms with Gasteiger partial charge in [-0.15, -0.1) is 0 Å². The van der Waals surface area contributed by atoms with E-state index in [1.54, 1.807) is 24.3 Å². The second-order valence-electron chi connectivity index (χ2n) is 4.00. The van der Waals surface area contributed by atoms with Crippen LogP contribution in [0.25, 0.3) is 0 Å². The first-order valence-corrected chi connectivity index (χ1v) is 6.61. The largest absolute Gasteiger partial charge is 0.467 e. The van der Waals surface area contributed by atoms with Crippen molar-refractivity contribution in [1.29, 1.82) is 0 Å². The van der Waals surface area contributed by atoms with Crippen LogP contribution in [0.5, 0.6) is 0 Å². The van der Waals surface area contributed by atoms with Crippen molar-refractivity contribution in [2.24, 2.45) is 0 Å². The fourth-order valence-electron chi connectivity index (χ4n) is 1.70. The molecule has 1 atom stereocenters. The van der Waals surface area contributed by atoms with E-state index >= 15 is 0 Å². The SMILES string of the molecule is COC(=O)C(Nc1ncc(Br)cc1F)c1ccccc1. The number of esters is 1. The van der Waals surface area contributed by atoms with E-state index in [9.17, 15) is 9.18 Å². The summed E-state index contributed by atoms with van der Waals surface area (Å²) in [4.78, 5) is 15.8. The fourth-order valence-corrected chi connectivity index (χ4v) is 2.00. The Kier molecular flexibility index (Phi) is 4.68. The number of anilines is 1. The van der Waals surface area contributed by atoms with E-state index in [1.165, 1.54) is 19.4 Å². The molecule has 0 amide bonds. The minimum absolute atomic E-state index is 0.00699. The highest BCUT2D eigenvalue weighted by atomic mass is 79.9. The normalized spacial score (nSPS) is 11.8. The molecule has 0 aliphatic rings. The Balaban J connectivity index is 2.31. The molecule has 2 rings (SSSR count). The Morgan fingerprint density at radius 1 is 1.40 bits per heavy atom. The number of carbonyl (C=O) groups is 1. The molecule has 2 aromatic rings. The van der Waals surface area contributed by atoms with Crippen molar-refractivity contribution in [3.8, 4) is 0 Å². The van der Waals surface area contributed by atoms with Crippen molar-refractivity contribution < 1.29 is 13.9 Å². The zero-order valence-electron chi connectivity index (χ0n) is 10.6. The van der Waals surface area contributed by atoms with Crippen LogP contribution in [-0.4, -0.2) is 18.1 Å². The second-order valence-corrected chi connectivity index (χ2v) is 4.91. The average molecular weight is 339 g/mol. The maximum atomic E-state index is 13.8. The van der Waals surface area contributed by atoms with Crippen molar-refractivity contribution in [2.45, 2.75) is 6.04 Å². The number of methoxy groups -OCH3 is 1.